The number of anilines is 1. The molecule has 0 saturated carbocycles. The van der Waals surface area contributed by atoms with Crippen LogP contribution in [0.5, 0.6) is 0 Å². The van der Waals surface area contributed by atoms with Gasteiger partial charge in [0.1, 0.15) is 0 Å². The minimum Gasteiger partial charge on any atom is -0.384 e. The van der Waals surface area contributed by atoms with Crippen molar-refractivity contribution in [2.45, 2.75) is 6.42 Å². The third kappa shape index (κ3) is 1.31. The Hall–Kier alpha value is -1.77. The molecule has 15 heavy (non-hydrogen) atoms. The number of rotatable bonds is 0. The monoisotopic (exact) mass is 199 g/mol. The van der Waals surface area contributed by atoms with Gasteiger partial charge in [0.2, 0.25) is 0 Å². The second kappa shape index (κ2) is 3.12. The lowest BCUT2D eigenvalue weighted by atomic mass is 10.1. The van der Waals surface area contributed by atoms with Crippen LogP contribution in [0.1, 0.15) is 5.56 Å². The minimum absolute atomic E-state index is 0.982. The molecule has 2 aromatic rings. The van der Waals surface area contributed by atoms with Gasteiger partial charge in [-0.15, -0.1) is 0 Å². The van der Waals surface area contributed by atoms with Gasteiger partial charge in [-0.3, -0.25) is 4.68 Å². The molecule has 1 aliphatic rings. The summed E-state index contributed by atoms with van der Waals surface area (Å²) in [7, 11) is 1.98. The van der Waals surface area contributed by atoms with E-state index in [9.17, 15) is 0 Å². The Morgan fingerprint density at radius 3 is 3.13 bits per heavy atom. The molecular weight excluding hydrogens is 186 g/mol. The molecule has 0 unspecified atom stereocenters. The molecule has 3 rings (SSSR count). The van der Waals surface area contributed by atoms with Crippen molar-refractivity contribution in [2.75, 3.05) is 11.9 Å². The third-order valence-electron chi connectivity index (χ3n) is 2.80. The van der Waals surface area contributed by atoms with Crippen molar-refractivity contribution < 1.29 is 0 Å². The van der Waals surface area contributed by atoms with E-state index < -0.39 is 0 Å². The number of fused-ring (bicyclic) bond motifs is 3. The van der Waals surface area contributed by atoms with E-state index in [1.54, 1.807) is 0 Å². The molecule has 0 radical (unpaired) electrons. The highest BCUT2D eigenvalue weighted by molar-refractivity contribution is 5.78. The quantitative estimate of drug-likeness (QED) is 0.703. The molecule has 0 fully saturated rings. The van der Waals surface area contributed by atoms with Gasteiger partial charge in [-0.25, -0.2) is 0 Å². The highest BCUT2D eigenvalue weighted by atomic mass is 15.3. The van der Waals surface area contributed by atoms with Crippen molar-refractivity contribution >= 4 is 5.69 Å². The van der Waals surface area contributed by atoms with Crippen molar-refractivity contribution in [3.05, 3.63) is 36.0 Å². The van der Waals surface area contributed by atoms with E-state index in [2.05, 4.69) is 40.9 Å². The van der Waals surface area contributed by atoms with E-state index in [4.69, 9.17) is 0 Å². The summed E-state index contributed by atoms with van der Waals surface area (Å²) in [6, 6.07) is 8.35. The third-order valence-corrected chi connectivity index (χ3v) is 2.80. The molecule has 3 heteroatoms. The lowest BCUT2D eigenvalue weighted by molar-refractivity contribution is 0.769. The van der Waals surface area contributed by atoms with Gasteiger partial charge >= 0.3 is 0 Å². The average Bonchev–Trinajstić information content (AvgIpc) is 2.52. The fourth-order valence-corrected chi connectivity index (χ4v) is 2.12. The number of benzene rings is 1. The zero-order valence-electron chi connectivity index (χ0n) is 8.70. The van der Waals surface area contributed by atoms with E-state index in [1.165, 1.54) is 16.8 Å². The highest BCUT2D eigenvalue weighted by Crippen LogP contribution is 2.31. The first-order valence-corrected chi connectivity index (χ1v) is 5.20. The van der Waals surface area contributed by atoms with Crippen LogP contribution in [0, 0.1) is 0 Å². The first-order valence-electron chi connectivity index (χ1n) is 5.20. The molecule has 3 nitrogen and oxygen atoms in total. The molecule has 1 aromatic heterocycles. The maximum absolute atomic E-state index is 4.53. The molecule has 1 aromatic carbocycles. The Labute approximate surface area is 88.7 Å². The summed E-state index contributed by atoms with van der Waals surface area (Å²) in [6.07, 6.45) is 3.15. The summed E-state index contributed by atoms with van der Waals surface area (Å²) in [5, 5.41) is 7.96. The maximum Gasteiger partial charge on any atom is 0.0976 e. The Morgan fingerprint density at radius 1 is 1.33 bits per heavy atom. The maximum atomic E-state index is 4.53. The normalized spacial score (nSPS) is 13.7. The molecule has 0 aliphatic carbocycles. The summed E-state index contributed by atoms with van der Waals surface area (Å²) < 4.78 is 1.90. The van der Waals surface area contributed by atoms with E-state index >= 15 is 0 Å². The summed E-state index contributed by atoms with van der Waals surface area (Å²) in [4.78, 5) is 0. The number of nitrogens with one attached hydrogen (secondary N) is 1. The van der Waals surface area contributed by atoms with Crippen LogP contribution in [0.15, 0.2) is 30.5 Å². The van der Waals surface area contributed by atoms with Gasteiger partial charge < -0.3 is 5.32 Å². The minimum atomic E-state index is 0.982. The molecule has 76 valence electrons. The molecule has 2 heterocycles. The Bertz CT molecular complexity index is 499. The van der Waals surface area contributed by atoms with Crippen LogP contribution in [-0.2, 0) is 13.5 Å². The fraction of sp³-hybridized carbons (Fsp3) is 0.250. The van der Waals surface area contributed by atoms with Crippen LogP contribution < -0.4 is 5.32 Å². The topological polar surface area (TPSA) is 29.9 Å². The van der Waals surface area contributed by atoms with Crippen molar-refractivity contribution in [1.29, 1.82) is 0 Å². The summed E-state index contributed by atoms with van der Waals surface area (Å²) in [5.41, 5.74) is 4.86. The number of hydrogen-bond donors (Lipinski definition) is 1. The SMILES string of the molecule is Cn1cc2c(n1)-c1ccccc1NCC2. The average molecular weight is 199 g/mol. The van der Waals surface area contributed by atoms with Gasteiger partial charge in [0.15, 0.2) is 0 Å². The predicted molar refractivity (Wildman–Crippen MR) is 60.8 cm³/mol. The zero-order chi connectivity index (χ0) is 10.3. The molecular formula is C12H13N3. The number of para-hydroxylation sites is 1. The van der Waals surface area contributed by atoms with Crippen molar-refractivity contribution in [3.63, 3.8) is 0 Å². The van der Waals surface area contributed by atoms with Crippen LogP contribution in [-0.4, -0.2) is 16.3 Å². The molecule has 0 spiro atoms. The number of hydrogen-bond acceptors (Lipinski definition) is 2. The first kappa shape index (κ1) is 8.53. The smallest absolute Gasteiger partial charge is 0.0976 e. The van der Waals surface area contributed by atoms with Gasteiger partial charge in [0, 0.05) is 31.0 Å². The molecule has 0 amide bonds. The largest absolute Gasteiger partial charge is 0.384 e. The van der Waals surface area contributed by atoms with Gasteiger partial charge in [-0.1, -0.05) is 18.2 Å². The Kier molecular flexibility index (Phi) is 1.78. The van der Waals surface area contributed by atoms with Crippen molar-refractivity contribution in [3.8, 4) is 11.3 Å². The molecule has 0 atom stereocenters. The van der Waals surface area contributed by atoms with Crippen LogP contribution in [0.4, 0.5) is 5.69 Å². The van der Waals surface area contributed by atoms with Gasteiger partial charge in [0.25, 0.3) is 0 Å². The number of nitrogens with zero attached hydrogens (tertiary/aromatic N) is 2. The standard InChI is InChI=1S/C12H13N3/c1-15-8-9-6-7-13-11-5-3-2-4-10(11)12(9)14-15/h2-5,8,13H,6-7H2,1H3. The van der Waals surface area contributed by atoms with Crippen molar-refractivity contribution in [2.24, 2.45) is 7.05 Å². The molecule has 1 N–H and O–H groups in total. The molecule has 1 aliphatic heterocycles. The molecule has 0 saturated heterocycles. The van der Waals surface area contributed by atoms with Crippen LogP contribution in [0.25, 0.3) is 11.3 Å². The van der Waals surface area contributed by atoms with E-state index in [-0.39, 0.29) is 0 Å². The van der Waals surface area contributed by atoms with Crippen molar-refractivity contribution in [1.82, 2.24) is 9.78 Å². The first-order chi connectivity index (χ1) is 7.34. The fourth-order valence-electron chi connectivity index (χ4n) is 2.12. The highest BCUT2D eigenvalue weighted by Gasteiger charge is 2.16. The lowest BCUT2D eigenvalue weighted by Gasteiger charge is -2.05. The second-order valence-electron chi connectivity index (χ2n) is 3.90. The zero-order valence-corrected chi connectivity index (χ0v) is 8.70. The van der Waals surface area contributed by atoms with Crippen LogP contribution >= 0.6 is 0 Å². The van der Waals surface area contributed by atoms with Gasteiger partial charge in [-0.05, 0) is 18.1 Å². The van der Waals surface area contributed by atoms with E-state index in [0.717, 1.165) is 18.7 Å². The Balaban J connectivity index is 2.26. The number of aromatic nitrogens is 2. The summed E-state index contributed by atoms with van der Waals surface area (Å²) in [5.74, 6) is 0. The van der Waals surface area contributed by atoms with Crippen LogP contribution in [0.2, 0.25) is 0 Å². The van der Waals surface area contributed by atoms with Crippen LogP contribution in [0.3, 0.4) is 0 Å². The number of aryl methyl sites for hydroxylation is 1. The lowest BCUT2D eigenvalue weighted by Crippen LogP contribution is -2.02. The molecule has 0 bridgehead atoms. The van der Waals surface area contributed by atoms with E-state index in [1.807, 2.05) is 11.7 Å². The van der Waals surface area contributed by atoms with Gasteiger partial charge in [-0.2, -0.15) is 5.10 Å². The van der Waals surface area contributed by atoms with Gasteiger partial charge in [0.05, 0.1) is 5.69 Å². The summed E-state index contributed by atoms with van der Waals surface area (Å²) in [6.45, 7) is 0.982. The summed E-state index contributed by atoms with van der Waals surface area (Å²) >= 11 is 0. The second-order valence-corrected chi connectivity index (χ2v) is 3.90. The van der Waals surface area contributed by atoms with E-state index in [0.29, 0.717) is 0 Å². The Morgan fingerprint density at radius 2 is 2.20 bits per heavy atom. The predicted octanol–water partition coefficient (Wildman–Crippen LogP) is 2.06.